The third-order valence-corrected chi connectivity index (χ3v) is 19.3. The summed E-state index contributed by atoms with van der Waals surface area (Å²) in [4.78, 5) is 82.2. The number of rotatable bonds is 17. The maximum absolute atomic E-state index is 5.13. The Hall–Kier alpha value is -14.5. The fourth-order valence-corrected chi connectivity index (χ4v) is 12.0. The Morgan fingerprint density at radius 3 is 0.723 bits per heavy atom. The van der Waals surface area contributed by atoms with E-state index in [-0.39, 0.29) is 0 Å². The first kappa shape index (κ1) is 124. The predicted molar refractivity (Wildman–Crippen MR) is 571 cm³/mol. The molecule has 776 valence electrons. The molecule has 1 aromatic carbocycles. The van der Waals surface area contributed by atoms with Crippen LogP contribution < -0.4 is 29.0 Å². The zero-order chi connectivity index (χ0) is 107. The molecule has 21 rings (SSSR count). The number of aryl methyl sites for hydroxylation is 8. The van der Waals surface area contributed by atoms with Gasteiger partial charge in [-0.3, -0.25) is 59.8 Å². The van der Waals surface area contributed by atoms with Gasteiger partial charge in [0.1, 0.15) is 62.9 Å². The van der Waals surface area contributed by atoms with Crippen molar-refractivity contribution in [3.63, 3.8) is 0 Å². The van der Waals surface area contributed by atoms with Gasteiger partial charge < -0.3 is 65.5 Å². The van der Waals surface area contributed by atoms with E-state index in [4.69, 9.17) is 23.7 Å². The summed E-state index contributed by atoms with van der Waals surface area (Å²) >= 11 is 5.33. The minimum atomic E-state index is 0.759. The quantitative estimate of drug-likeness (QED) is 0.0827. The van der Waals surface area contributed by atoms with Crippen molar-refractivity contribution in [2.75, 3.05) is 47.9 Å². The van der Waals surface area contributed by atoms with E-state index in [2.05, 4.69) is 173 Å². The number of benzene rings is 1. The molecule has 0 aliphatic rings. The van der Waals surface area contributed by atoms with Gasteiger partial charge in [0, 0.05) is 267 Å². The van der Waals surface area contributed by atoms with Crippen molar-refractivity contribution < 1.29 is 94.1 Å². The molecule has 1 N–H and O–H groups in total. The summed E-state index contributed by atoms with van der Waals surface area (Å²) in [6.45, 7) is 3.32. The van der Waals surface area contributed by atoms with Crippen molar-refractivity contribution >= 4 is 55.3 Å². The summed E-state index contributed by atoms with van der Waals surface area (Å²) in [5.74, 6) is 9.45. The normalized spacial score (nSPS) is 9.39. The fourth-order valence-electron chi connectivity index (χ4n) is 12.0. The first-order chi connectivity index (χ1) is 72.6. The zero-order valence-electron chi connectivity index (χ0n) is 83.9. The summed E-state index contributed by atoms with van der Waals surface area (Å²) < 4.78 is 40.7. The van der Waals surface area contributed by atoms with Crippen LogP contribution in [0.25, 0.3) is 91.5 Å². The molecule has 0 aliphatic heterocycles. The van der Waals surface area contributed by atoms with Crippen LogP contribution >= 0.6 is 38.6 Å². The summed E-state index contributed by atoms with van der Waals surface area (Å²) in [7, 11) is 42.4. The van der Waals surface area contributed by atoms with Gasteiger partial charge in [0.25, 0.3) is 0 Å². The van der Waals surface area contributed by atoms with Gasteiger partial charge in [-0.05, 0) is 152 Å². The van der Waals surface area contributed by atoms with Crippen LogP contribution in [0.3, 0.4) is 0 Å². The number of hydrogen-bond acceptors (Lipinski definition) is 26. The minimum absolute atomic E-state index is 0.759. The van der Waals surface area contributed by atoms with E-state index in [9.17, 15) is 0 Å². The van der Waals surface area contributed by atoms with E-state index in [1.807, 2.05) is 278 Å². The van der Waals surface area contributed by atoms with Gasteiger partial charge in [0.2, 0.25) is 0 Å². The van der Waals surface area contributed by atoms with E-state index in [1.165, 1.54) is 95.2 Å². The monoisotopic (exact) mass is 2780 g/mol. The molecule has 0 saturated carbocycles. The summed E-state index contributed by atoms with van der Waals surface area (Å²) in [5, 5.41) is 2.99. The molecule has 0 radical (unpaired) electrons. The number of nitrogens with zero attached hydrogens (tertiary/aromatic N) is 28. The number of nitrogens with one attached hydrogen (secondary N) is 1. The van der Waals surface area contributed by atoms with E-state index >= 15 is 0 Å². The van der Waals surface area contributed by atoms with Crippen LogP contribution in [0.5, 0.6) is 28.7 Å². The average molecular weight is 2780 g/mol. The Kier molecular flexibility index (Phi) is 65.2. The number of fused-ring (bicyclic) bond motifs is 1. The Morgan fingerprint density at radius 1 is 0.250 bits per heavy atom. The van der Waals surface area contributed by atoms with Gasteiger partial charge in [-0.2, -0.15) is 0 Å². The molecule has 0 unspecified atom stereocenters. The first-order valence-corrected chi connectivity index (χ1v) is 57.3. The molecule has 0 fully saturated rings. The first-order valence-electron chi connectivity index (χ1n) is 44.7. The van der Waals surface area contributed by atoms with Crippen molar-refractivity contribution in [1.29, 1.82) is 0 Å². The van der Waals surface area contributed by atoms with Crippen molar-refractivity contribution in [3.05, 3.63) is 405 Å². The van der Waals surface area contributed by atoms with Gasteiger partial charge in [-0.25, -0.2) is 39.9 Å². The molecule has 0 aliphatic carbocycles. The van der Waals surface area contributed by atoms with Crippen molar-refractivity contribution in [1.82, 2.24) is 136 Å². The summed E-state index contributed by atoms with van der Waals surface area (Å²) in [6, 6.07) is 65.0. The van der Waals surface area contributed by atoms with Gasteiger partial charge in [-0.1, -0.05) is 68.3 Å². The molecule has 42 heteroatoms. The molecule has 20 aromatic heterocycles. The van der Waals surface area contributed by atoms with Crippen molar-refractivity contribution in [3.8, 4) is 109 Å². The number of ether oxygens (including phenoxy) is 5. The molecular weight excluding hydrogens is 2660 g/mol. The Bertz CT molecular complexity index is 6010. The van der Waals surface area contributed by atoms with Gasteiger partial charge in [0.15, 0.2) is 34.9 Å². The molecular formula is C106H117Cl4N29O5Os4. The SMILES string of the molecule is CCCCCn1cnc2ccccc21.CNc1ccncc1.COc1ccnc(-c2cc(OC)ccn2)c1.COc1ccncc1.COc1ccncc1.COc1ccncc1.Cn1ccnc1.Cn1ccnc1-c1ccccn1.Cn1ccnc1-c1ccccn1.Cn1ccnc1-c1ccccn1.Cn1ccnc1-c1ccccn1.Cn1ccnc1-c1ccccn1.Cn1ccnc1-c1ccccn1.[Cl][Os].[Cl][Os].[Cl][Os].[Cl][Os]. The van der Waals surface area contributed by atoms with Crippen LogP contribution in [0.1, 0.15) is 26.2 Å². The topological polar surface area (TPSA) is 355 Å². The average Bonchev–Trinajstić information content (AvgIpc) is 1.81. The number of unbranched alkanes of at least 4 members (excludes halogenated alkanes) is 2. The van der Waals surface area contributed by atoms with Crippen LogP contribution in [-0.2, 0) is 126 Å². The zero-order valence-corrected chi connectivity index (χ0v) is 97.1. The van der Waals surface area contributed by atoms with Crippen LogP contribution in [0.2, 0.25) is 0 Å². The van der Waals surface area contributed by atoms with Crippen LogP contribution in [-0.4, -0.2) is 179 Å². The molecule has 0 spiro atoms. The van der Waals surface area contributed by atoms with Crippen molar-refractivity contribution in [2.24, 2.45) is 49.3 Å². The third kappa shape index (κ3) is 47.3. The van der Waals surface area contributed by atoms with Crippen LogP contribution in [0.4, 0.5) is 5.69 Å². The number of pyridine rings is 12. The van der Waals surface area contributed by atoms with Crippen molar-refractivity contribution in [2.45, 2.75) is 32.7 Å². The number of imidazole rings is 8. The van der Waals surface area contributed by atoms with E-state index in [1.54, 1.807) is 233 Å². The van der Waals surface area contributed by atoms with Gasteiger partial charge in [0.05, 0.1) is 70.6 Å². The number of aromatic nitrogens is 28. The van der Waals surface area contributed by atoms with Crippen LogP contribution in [0.15, 0.2) is 405 Å². The molecule has 0 saturated heterocycles. The molecule has 20 heterocycles. The second-order valence-electron chi connectivity index (χ2n) is 29.1. The standard InChI is InChI=1S/C12H12N2O2.C12H16N2.6C9H9N3.C6H8N2.3C6H7NO.C4H6N2.4ClH.4Os/c1-15-9-3-5-13-11(7-9)12-8-10(16-2)4-6-14-12;1-2-3-6-9-14-10-13-11-7-4-5-8-12(11)14;6*1-12-7-6-11-9(12)8-4-2-3-5-10-8;1-7-6-2-4-8-5-3-6;3*1-8-6-2-4-7-5-3-6;1-6-3-2-5-4-6;;;;;;;;/h3-8H,1-2H3;4-5,7-8,10H,2-3,6,9H2,1H3;6*2-7H,1H3;2-5H,1H3,(H,7,8);3*2-5H,1H3;2-4H,1H3;4*1H;;;;/q;;;;;;;;;;;;;;;;;4*+1/p-4. The number of para-hydroxylation sites is 2. The summed E-state index contributed by atoms with van der Waals surface area (Å²) in [5.41, 5.74) is 10.4. The molecule has 0 bridgehead atoms. The summed E-state index contributed by atoms with van der Waals surface area (Å²) in [6.07, 6.45) is 60.9. The molecule has 0 atom stereocenters. The predicted octanol–water partition coefficient (Wildman–Crippen LogP) is 21.8. The Morgan fingerprint density at radius 2 is 0.514 bits per heavy atom. The van der Waals surface area contributed by atoms with E-state index in [0.717, 1.165) is 127 Å². The third-order valence-electron chi connectivity index (χ3n) is 19.3. The fraction of sp³-hybridized carbons (Fsp3) is 0.170. The van der Waals surface area contributed by atoms with E-state index in [0.29, 0.717) is 0 Å². The molecule has 148 heavy (non-hydrogen) atoms. The van der Waals surface area contributed by atoms with E-state index < -0.39 is 0 Å². The number of halogens is 4. The van der Waals surface area contributed by atoms with Gasteiger partial charge in [-0.15, -0.1) is 0 Å². The molecule has 21 aromatic rings. The second-order valence-corrected chi connectivity index (χ2v) is 29.1. The number of hydrogen-bond donors (Lipinski definition) is 1. The number of methoxy groups -OCH3 is 5. The maximum atomic E-state index is 5.13. The number of anilines is 1. The second kappa shape index (κ2) is 77.9. The Labute approximate surface area is 921 Å². The van der Waals surface area contributed by atoms with Crippen LogP contribution in [0, 0.1) is 0 Å². The molecule has 0 amide bonds. The van der Waals surface area contributed by atoms with Gasteiger partial charge >= 0.3 is 109 Å². The Balaban J connectivity index is 0.000000282. The molecule has 34 nitrogen and oxygen atoms in total.